The molecule has 2 heterocycles. The van der Waals surface area contributed by atoms with E-state index in [0.29, 0.717) is 12.1 Å². The summed E-state index contributed by atoms with van der Waals surface area (Å²) < 4.78 is 0. The van der Waals surface area contributed by atoms with Crippen LogP contribution in [-0.4, -0.2) is 43.7 Å². The topological polar surface area (TPSA) is 18.5 Å². The molecular weight excluding hydrogens is 234 g/mol. The number of likely N-dealkylation sites (tertiary alicyclic amines) is 1. The van der Waals surface area contributed by atoms with Crippen LogP contribution in [0.1, 0.15) is 26.2 Å². The van der Waals surface area contributed by atoms with E-state index in [1.807, 2.05) is 0 Å². The molecule has 3 heteroatoms. The molecule has 3 rings (SSSR count). The van der Waals surface area contributed by atoms with Crippen molar-refractivity contribution in [1.29, 1.82) is 0 Å². The largest absolute Gasteiger partial charge is 0.381 e. The number of anilines is 2. The van der Waals surface area contributed by atoms with Gasteiger partial charge in [-0.1, -0.05) is 6.07 Å². The maximum atomic E-state index is 3.70. The van der Waals surface area contributed by atoms with Crippen molar-refractivity contribution in [3.05, 3.63) is 24.3 Å². The number of hydrogen-bond acceptors (Lipinski definition) is 3. The average Bonchev–Trinajstić information content (AvgIpc) is 3.01. The normalized spacial score (nSPS) is 28.0. The van der Waals surface area contributed by atoms with Gasteiger partial charge in [0.05, 0.1) is 0 Å². The number of hydrogen-bond donors (Lipinski definition) is 1. The van der Waals surface area contributed by atoms with Crippen molar-refractivity contribution in [2.45, 2.75) is 38.3 Å². The molecular formula is C16H25N3. The summed E-state index contributed by atoms with van der Waals surface area (Å²) in [7, 11) is 2.22. The fourth-order valence-electron chi connectivity index (χ4n) is 3.30. The molecule has 0 saturated carbocycles. The average molecular weight is 259 g/mol. The van der Waals surface area contributed by atoms with Crippen molar-refractivity contribution < 1.29 is 0 Å². The van der Waals surface area contributed by atoms with Crippen LogP contribution in [-0.2, 0) is 0 Å². The molecule has 1 N–H and O–H groups in total. The highest BCUT2D eigenvalue weighted by molar-refractivity contribution is 5.59. The van der Waals surface area contributed by atoms with E-state index in [2.05, 4.69) is 53.4 Å². The first-order valence-corrected chi connectivity index (χ1v) is 7.54. The van der Waals surface area contributed by atoms with Crippen LogP contribution in [0.25, 0.3) is 0 Å². The summed E-state index contributed by atoms with van der Waals surface area (Å²) in [5.41, 5.74) is 2.65. The summed E-state index contributed by atoms with van der Waals surface area (Å²) in [6.07, 6.45) is 3.91. The molecule has 1 aromatic rings. The minimum Gasteiger partial charge on any atom is -0.381 e. The first kappa shape index (κ1) is 12.8. The third-order valence-electron chi connectivity index (χ3n) is 4.57. The minimum absolute atomic E-state index is 0.592. The quantitative estimate of drug-likeness (QED) is 0.900. The van der Waals surface area contributed by atoms with Gasteiger partial charge in [-0.25, -0.2) is 0 Å². The Kier molecular flexibility index (Phi) is 3.65. The number of nitrogens with one attached hydrogen (secondary N) is 1. The van der Waals surface area contributed by atoms with Gasteiger partial charge in [0.2, 0.25) is 0 Å². The Morgan fingerprint density at radius 1 is 1.21 bits per heavy atom. The summed E-state index contributed by atoms with van der Waals surface area (Å²) >= 11 is 0. The van der Waals surface area contributed by atoms with E-state index < -0.39 is 0 Å². The Balaban J connectivity index is 1.66. The van der Waals surface area contributed by atoms with E-state index in [-0.39, 0.29) is 0 Å². The Morgan fingerprint density at radius 3 is 2.68 bits per heavy atom. The van der Waals surface area contributed by atoms with Gasteiger partial charge in [-0.15, -0.1) is 0 Å². The Labute approximate surface area is 116 Å². The molecule has 2 aliphatic rings. The zero-order valence-corrected chi connectivity index (χ0v) is 12.1. The second-order valence-electron chi connectivity index (χ2n) is 6.11. The Bertz CT molecular complexity index is 416. The van der Waals surface area contributed by atoms with E-state index >= 15 is 0 Å². The minimum atomic E-state index is 0.592. The van der Waals surface area contributed by atoms with Gasteiger partial charge in [0.1, 0.15) is 0 Å². The van der Waals surface area contributed by atoms with E-state index in [0.717, 1.165) is 6.54 Å². The fourth-order valence-corrected chi connectivity index (χ4v) is 3.30. The van der Waals surface area contributed by atoms with E-state index in [9.17, 15) is 0 Å². The first-order valence-electron chi connectivity index (χ1n) is 7.54. The van der Waals surface area contributed by atoms with Crippen LogP contribution in [0.4, 0.5) is 11.4 Å². The third kappa shape index (κ3) is 2.86. The van der Waals surface area contributed by atoms with Gasteiger partial charge in [0.15, 0.2) is 0 Å². The van der Waals surface area contributed by atoms with Gasteiger partial charge in [-0.3, -0.25) is 0 Å². The molecule has 0 spiro atoms. The van der Waals surface area contributed by atoms with E-state index in [1.54, 1.807) is 0 Å². The lowest BCUT2D eigenvalue weighted by Crippen LogP contribution is -2.25. The molecule has 0 bridgehead atoms. The molecule has 0 amide bonds. The van der Waals surface area contributed by atoms with Gasteiger partial charge in [0.25, 0.3) is 0 Å². The lowest BCUT2D eigenvalue weighted by Gasteiger charge is -2.20. The maximum Gasteiger partial charge on any atom is 0.0403 e. The summed E-state index contributed by atoms with van der Waals surface area (Å²) in [6.45, 7) is 5.89. The number of likely N-dealkylation sites (N-methyl/N-ethyl adjacent to an activating group) is 1. The van der Waals surface area contributed by atoms with Crippen molar-refractivity contribution in [3.63, 3.8) is 0 Å². The molecule has 3 nitrogen and oxygen atoms in total. The summed E-state index contributed by atoms with van der Waals surface area (Å²) in [5, 5.41) is 3.70. The van der Waals surface area contributed by atoms with Crippen LogP contribution in [0.3, 0.4) is 0 Å². The summed E-state index contributed by atoms with van der Waals surface area (Å²) in [4.78, 5) is 4.93. The molecule has 1 aromatic carbocycles. The van der Waals surface area contributed by atoms with Crippen LogP contribution in [0.5, 0.6) is 0 Å². The summed E-state index contributed by atoms with van der Waals surface area (Å²) in [5.74, 6) is 0. The van der Waals surface area contributed by atoms with Gasteiger partial charge < -0.3 is 15.1 Å². The van der Waals surface area contributed by atoms with E-state index in [4.69, 9.17) is 0 Å². The molecule has 0 aliphatic carbocycles. The third-order valence-corrected chi connectivity index (χ3v) is 4.57. The molecule has 2 unspecified atom stereocenters. The molecule has 2 saturated heterocycles. The van der Waals surface area contributed by atoms with Crippen LogP contribution >= 0.6 is 0 Å². The highest BCUT2D eigenvalue weighted by Gasteiger charge is 2.25. The van der Waals surface area contributed by atoms with Gasteiger partial charge in [0, 0.05) is 43.1 Å². The summed E-state index contributed by atoms with van der Waals surface area (Å²) in [6, 6.07) is 10.2. The SMILES string of the molecule is CC1CC(Nc2cccc(N3CCCC3)c2)CN1C. The van der Waals surface area contributed by atoms with Crippen LogP contribution in [0.15, 0.2) is 24.3 Å². The zero-order chi connectivity index (χ0) is 13.2. The van der Waals surface area contributed by atoms with Crippen molar-refractivity contribution >= 4 is 11.4 Å². The standard InChI is InChI=1S/C16H25N3/c1-13-10-15(12-18(13)2)17-14-6-5-7-16(11-14)19-8-3-4-9-19/h5-7,11,13,15,17H,3-4,8-10,12H2,1-2H3. The predicted molar refractivity (Wildman–Crippen MR) is 82.0 cm³/mol. The van der Waals surface area contributed by atoms with Crippen molar-refractivity contribution in [2.24, 2.45) is 0 Å². The van der Waals surface area contributed by atoms with Crippen molar-refractivity contribution in [1.82, 2.24) is 4.90 Å². The number of rotatable bonds is 3. The van der Waals surface area contributed by atoms with E-state index in [1.165, 1.54) is 43.7 Å². The van der Waals surface area contributed by atoms with Crippen LogP contribution in [0, 0.1) is 0 Å². The predicted octanol–water partition coefficient (Wildman–Crippen LogP) is 2.79. The molecule has 0 radical (unpaired) electrons. The zero-order valence-electron chi connectivity index (χ0n) is 12.1. The molecule has 2 atom stereocenters. The Hall–Kier alpha value is -1.22. The highest BCUT2D eigenvalue weighted by Crippen LogP contribution is 2.25. The second-order valence-corrected chi connectivity index (χ2v) is 6.11. The van der Waals surface area contributed by atoms with Gasteiger partial charge in [-0.05, 0) is 51.4 Å². The molecule has 2 aliphatic heterocycles. The van der Waals surface area contributed by atoms with Crippen molar-refractivity contribution in [2.75, 3.05) is 36.9 Å². The van der Waals surface area contributed by atoms with Crippen LogP contribution < -0.4 is 10.2 Å². The molecule has 19 heavy (non-hydrogen) atoms. The maximum absolute atomic E-state index is 3.70. The second kappa shape index (κ2) is 5.41. The van der Waals surface area contributed by atoms with Crippen LogP contribution in [0.2, 0.25) is 0 Å². The lowest BCUT2D eigenvalue weighted by atomic mass is 10.1. The van der Waals surface area contributed by atoms with Gasteiger partial charge >= 0.3 is 0 Å². The monoisotopic (exact) mass is 259 g/mol. The molecule has 2 fully saturated rings. The van der Waals surface area contributed by atoms with Crippen molar-refractivity contribution in [3.8, 4) is 0 Å². The lowest BCUT2D eigenvalue weighted by molar-refractivity contribution is 0.330. The Morgan fingerprint density at radius 2 is 2.00 bits per heavy atom. The number of benzene rings is 1. The van der Waals surface area contributed by atoms with Gasteiger partial charge in [-0.2, -0.15) is 0 Å². The first-order chi connectivity index (χ1) is 9.22. The molecule has 104 valence electrons. The fraction of sp³-hybridized carbons (Fsp3) is 0.625. The highest BCUT2D eigenvalue weighted by atomic mass is 15.2. The smallest absolute Gasteiger partial charge is 0.0403 e. The number of nitrogens with zero attached hydrogens (tertiary/aromatic N) is 2. The molecule has 0 aromatic heterocycles.